The van der Waals surface area contributed by atoms with Gasteiger partial charge in [-0.1, -0.05) is 97.1 Å². The maximum Gasteiger partial charge on any atom is 2.00 e. The van der Waals surface area contributed by atoms with Crippen LogP contribution in [0, 0.1) is 0 Å². The van der Waals surface area contributed by atoms with Crippen molar-refractivity contribution < 1.29 is 79.0 Å². The Balaban J connectivity index is 0.00000817. The fourth-order valence-corrected chi connectivity index (χ4v) is 10.2. The van der Waals surface area contributed by atoms with Crippen molar-refractivity contribution >= 4 is 56.8 Å². The first-order valence-corrected chi connectivity index (χ1v) is 25.5. The SMILES string of the molecule is FC(F)(F)c1cccc(C2=C(c3cccc(C(F)(F)F)c3)c3nc2nc2[n-]c(nc4nc(nc5[n-]c(n3)c(-c3cccc(C(F)(F)F)c3)c5-c3cccc(C(F)(F)F)c3)-c3ccccc3-4)c(-c3cccc(C(F)(F)F)c3)c2-c2cccc(C(F)(F)F)c2)c1.[Mg+2]. The van der Waals surface area contributed by atoms with Gasteiger partial charge in [-0.2, -0.15) is 79.0 Å². The Hall–Kier alpha value is -9.37. The Morgan fingerprint density at radius 1 is 0.236 bits per heavy atom. The number of benzene rings is 7. The summed E-state index contributed by atoms with van der Waals surface area (Å²) in [6.45, 7) is 0. The van der Waals surface area contributed by atoms with Crippen LogP contribution in [-0.2, 0) is 37.1 Å². The summed E-state index contributed by atoms with van der Waals surface area (Å²) in [7, 11) is 0. The summed E-state index contributed by atoms with van der Waals surface area (Å²) < 4.78 is 266. The van der Waals surface area contributed by atoms with E-state index >= 15 is 0 Å². The van der Waals surface area contributed by atoms with Gasteiger partial charge in [0.05, 0.1) is 56.7 Å². The molecule has 0 saturated heterocycles. The van der Waals surface area contributed by atoms with E-state index in [1.807, 2.05) is 0 Å². The molecule has 8 nitrogen and oxygen atoms in total. The number of hydrogen-bond donors (Lipinski definition) is 0. The first-order valence-electron chi connectivity index (χ1n) is 25.5. The van der Waals surface area contributed by atoms with E-state index in [1.54, 1.807) is 0 Å². The summed E-state index contributed by atoms with van der Waals surface area (Å²) in [6.07, 6.45) is -30.6. The zero-order chi connectivity index (χ0) is 62.6. The number of fused-ring (bicyclic) bond motifs is 11. The quantitative estimate of drug-likeness (QED) is 0.120. The van der Waals surface area contributed by atoms with E-state index in [9.17, 15) is 79.0 Å². The second-order valence-corrected chi connectivity index (χ2v) is 19.8. The first-order chi connectivity index (χ1) is 41.4. The molecule has 444 valence electrons. The molecular weight excluding hydrogens is 1220 g/mol. The van der Waals surface area contributed by atoms with Crippen LogP contribution < -0.4 is 9.97 Å². The molecule has 0 radical (unpaired) electrons. The van der Waals surface area contributed by atoms with Gasteiger partial charge in [0.25, 0.3) is 0 Å². The van der Waals surface area contributed by atoms with Crippen molar-refractivity contribution in [3.8, 4) is 67.3 Å². The van der Waals surface area contributed by atoms with Crippen LogP contribution in [0.1, 0.15) is 56.2 Å². The van der Waals surface area contributed by atoms with Gasteiger partial charge in [0.1, 0.15) is 0 Å². The molecule has 0 saturated carbocycles. The molecule has 0 unspecified atom stereocenters. The zero-order valence-electron chi connectivity index (χ0n) is 44.3. The molecule has 5 heterocycles. The number of alkyl halides is 18. The molecule has 0 fully saturated rings. The molecule has 3 aromatic heterocycles. The van der Waals surface area contributed by atoms with E-state index in [-0.39, 0.29) is 45.8 Å². The predicted molar refractivity (Wildman–Crippen MR) is 290 cm³/mol. The first kappa shape index (κ1) is 61.3. The van der Waals surface area contributed by atoms with Crippen LogP contribution in [0.25, 0.3) is 101 Å². The fourth-order valence-electron chi connectivity index (χ4n) is 10.2. The number of nitrogens with zero attached hydrogens (tertiary/aromatic N) is 8. The summed E-state index contributed by atoms with van der Waals surface area (Å²) in [5.41, 5.74) is -16.7. The summed E-state index contributed by atoms with van der Waals surface area (Å²) >= 11 is 0. The Kier molecular flexibility index (Phi) is 15.2. The van der Waals surface area contributed by atoms with E-state index in [0.717, 1.165) is 72.8 Å². The van der Waals surface area contributed by atoms with Crippen molar-refractivity contribution in [2.24, 2.45) is 0 Å². The molecule has 2 aliphatic rings. The predicted octanol–water partition coefficient (Wildman–Crippen LogP) is 17.9. The van der Waals surface area contributed by atoms with Gasteiger partial charge in [0.15, 0.2) is 0 Å². The smallest absolute Gasteiger partial charge is 0.357 e. The standard InChI is InChI=1S/C62H28F18N8.Mg/c63-57(64,65)35-15-3-9-29(23-35)43-45(31-11-5-17-37(25-31)59(69,70)71)53-84-51(43)82-49-41-21-1-2-22-42(41)50(81-49)83-52-44(30-10-4-16-36(24-30)58(66,67)68)46(32-12-6-18-38(26-32)60(72,73)74)54(85-52)87-56-48(34-14-8-20-40(28-34)62(78,79)80)47(55(86-53)88-56)33-13-7-19-39(27-33)61(75,76)77;/h1-28H;/q-2;+2. The minimum atomic E-state index is -5.15. The Morgan fingerprint density at radius 3 is 0.697 bits per heavy atom. The molecular formula is C62H28F18MgN8. The Labute approximate surface area is 503 Å². The van der Waals surface area contributed by atoms with Gasteiger partial charge < -0.3 is 29.9 Å². The third-order valence-corrected chi connectivity index (χ3v) is 14.1. The minimum absolute atomic E-state index is 0. The van der Waals surface area contributed by atoms with Gasteiger partial charge in [-0.25, -0.2) is 9.97 Å². The number of rotatable bonds is 6. The summed E-state index contributed by atoms with van der Waals surface area (Å²) in [5.74, 6) is -2.45. The summed E-state index contributed by atoms with van der Waals surface area (Å²) in [6, 6.07) is 25.3. The number of aromatic nitrogens is 8. The normalized spacial score (nSPS) is 13.1. The van der Waals surface area contributed by atoms with Crippen LogP contribution in [-0.4, -0.2) is 53.0 Å². The maximum atomic E-state index is 14.8. The van der Waals surface area contributed by atoms with Crippen LogP contribution in [0.4, 0.5) is 79.0 Å². The third-order valence-electron chi connectivity index (χ3n) is 14.1. The van der Waals surface area contributed by atoms with Gasteiger partial charge in [0, 0.05) is 67.1 Å². The molecule has 89 heavy (non-hydrogen) atoms. The molecule has 12 rings (SSSR count). The van der Waals surface area contributed by atoms with Crippen molar-refractivity contribution in [2.45, 2.75) is 37.1 Å². The van der Waals surface area contributed by atoms with Gasteiger partial charge in [-0.3, -0.25) is 0 Å². The third kappa shape index (κ3) is 11.8. The molecule has 10 aromatic rings. The van der Waals surface area contributed by atoms with Crippen molar-refractivity contribution in [1.82, 2.24) is 39.9 Å². The largest absolute Gasteiger partial charge is 2.00 e. The van der Waals surface area contributed by atoms with E-state index < -0.39 is 171 Å². The van der Waals surface area contributed by atoms with Gasteiger partial charge in [-0.15, -0.1) is 0 Å². The molecule has 0 aliphatic carbocycles. The van der Waals surface area contributed by atoms with E-state index in [4.69, 9.17) is 0 Å². The average Bonchev–Trinajstić information content (AvgIpc) is 1.65. The summed E-state index contributed by atoms with van der Waals surface area (Å²) in [4.78, 5) is 37.1. The maximum absolute atomic E-state index is 14.8. The van der Waals surface area contributed by atoms with E-state index in [2.05, 4.69) is 39.9 Å². The van der Waals surface area contributed by atoms with Crippen molar-refractivity contribution in [1.29, 1.82) is 0 Å². The van der Waals surface area contributed by atoms with Crippen LogP contribution in [0.15, 0.2) is 170 Å². The minimum Gasteiger partial charge on any atom is -0.357 e. The second-order valence-electron chi connectivity index (χ2n) is 19.8. The van der Waals surface area contributed by atoms with Crippen LogP contribution >= 0.6 is 0 Å². The van der Waals surface area contributed by atoms with Crippen molar-refractivity contribution in [2.75, 3.05) is 0 Å². The number of halogens is 18. The van der Waals surface area contributed by atoms with Crippen molar-refractivity contribution in [3.05, 3.63) is 226 Å². The van der Waals surface area contributed by atoms with Crippen LogP contribution in [0.3, 0.4) is 0 Å². The molecule has 0 amide bonds. The molecule has 8 bridgehead atoms. The van der Waals surface area contributed by atoms with E-state index in [0.29, 0.717) is 72.8 Å². The van der Waals surface area contributed by atoms with Crippen LogP contribution in [0.5, 0.6) is 0 Å². The van der Waals surface area contributed by atoms with Gasteiger partial charge >= 0.3 is 60.1 Å². The average molecular weight is 1250 g/mol. The van der Waals surface area contributed by atoms with Crippen molar-refractivity contribution in [3.63, 3.8) is 0 Å². The molecule has 0 atom stereocenters. The second kappa shape index (κ2) is 22.0. The topological polar surface area (TPSA) is 106 Å². The zero-order valence-corrected chi connectivity index (χ0v) is 45.7. The Morgan fingerprint density at radius 2 is 0.449 bits per heavy atom. The molecule has 2 aliphatic heterocycles. The Bertz CT molecular complexity index is 4400. The van der Waals surface area contributed by atoms with Gasteiger partial charge in [-0.05, 0) is 106 Å². The van der Waals surface area contributed by atoms with E-state index in [1.165, 1.54) is 24.3 Å². The fraction of sp³-hybridized carbons (Fsp3) is 0.0968. The summed E-state index contributed by atoms with van der Waals surface area (Å²) in [5, 5.41) is 0. The molecule has 0 N–H and O–H groups in total. The molecule has 7 aromatic carbocycles. The van der Waals surface area contributed by atoms with Gasteiger partial charge in [0.2, 0.25) is 0 Å². The monoisotopic (exact) mass is 1250 g/mol. The van der Waals surface area contributed by atoms with Crippen LogP contribution in [0.2, 0.25) is 0 Å². The number of hydrogen-bond acceptors (Lipinski definition) is 6. The molecule has 0 spiro atoms. The molecule has 27 heteroatoms.